The number of ether oxygens (including phenoxy) is 1. The van der Waals surface area contributed by atoms with Crippen molar-refractivity contribution in [1.29, 1.82) is 0 Å². The SMILES string of the molecule is COc1cc(Br)ccc1C(=O)NCC(C)C. The molecule has 0 atom stereocenters. The van der Waals surface area contributed by atoms with Gasteiger partial charge < -0.3 is 10.1 Å². The third kappa shape index (κ3) is 3.52. The van der Waals surface area contributed by atoms with Gasteiger partial charge in [0.2, 0.25) is 0 Å². The predicted molar refractivity (Wildman–Crippen MR) is 67.9 cm³/mol. The molecule has 0 saturated carbocycles. The van der Waals surface area contributed by atoms with E-state index in [2.05, 4.69) is 35.1 Å². The summed E-state index contributed by atoms with van der Waals surface area (Å²) in [5.74, 6) is 0.916. The van der Waals surface area contributed by atoms with Crippen LogP contribution in [-0.2, 0) is 0 Å². The molecule has 0 unspecified atom stereocenters. The minimum Gasteiger partial charge on any atom is -0.496 e. The Morgan fingerprint density at radius 3 is 2.75 bits per heavy atom. The molecule has 0 aliphatic rings. The number of nitrogens with one attached hydrogen (secondary N) is 1. The van der Waals surface area contributed by atoms with Crippen LogP contribution in [0.2, 0.25) is 0 Å². The minimum absolute atomic E-state index is 0.0990. The number of carbonyl (C=O) groups excluding carboxylic acids is 1. The molecular formula is C12H16BrNO2. The molecule has 16 heavy (non-hydrogen) atoms. The van der Waals surface area contributed by atoms with Crippen molar-refractivity contribution in [3.8, 4) is 5.75 Å². The van der Waals surface area contributed by atoms with Crippen LogP contribution in [0.1, 0.15) is 24.2 Å². The van der Waals surface area contributed by atoms with E-state index in [4.69, 9.17) is 4.74 Å². The average Bonchev–Trinajstić information content (AvgIpc) is 2.25. The first kappa shape index (κ1) is 13.0. The lowest BCUT2D eigenvalue weighted by atomic mass is 10.1. The Balaban J connectivity index is 2.82. The molecule has 0 heterocycles. The maximum atomic E-state index is 11.8. The minimum atomic E-state index is -0.0990. The molecule has 0 spiro atoms. The quantitative estimate of drug-likeness (QED) is 0.924. The first-order chi connectivity index (χ1) is 7.54. The molecule has 0 aromatic heterocycles. The number of halogens is 1. The maximum absolute atomic E-state index is 11.8. The van der Waals surface area contributed by atoms with E-state index in [1.54, 1.807) is 19.2 Å². The predicted octanol–water partition coefficient (Wildman–Crippen LogP) is 2.84. The molecule has 1 aromatic rings. The van der Waals surface area contributed by atoms with Crippen LogP contribution in [-0.4, -0.2) is 19.6 Å². The van der Waals surface area contributed by atoms with E-state index in [1.807, 2.05) is 6.07 Å². The van der Waals surface area contributed by atoms with Crippen molar-refractivity contribution in [1.82, 2.24) is 5.32 Å². The molecule has 0 saturated heterocycles. The Morgan fingerprint density at radius 1 is 1.50 bits per heavy atom. The van der Waals surface area contributed by atoms with E-state index in [0.717, 1.165) is 4.47 Å². The van der Waals surface area contributed by atoms with Gasteiger partial charge in [-0.05, 0) is 24.1 Å². The highest BCUT2D eigenvalue weighted by molar-refractivity contribution is 9.10. The molecule has 0 bridgehead atoms. The van der Waals surface area contributed by atoms with E-state index < -0.39 is 0 Å². The number of amides is 1. The van der Waals surface area contributed by atoms with E-state index in [-0.39, 0.29) is 5.91 Å². The van der Waals surface area contributed by atoms with Gasteiger partial charge in [0.1, 0.15) is 5.75 Å². The van der Waals surface area contributed by atoms with Gasteiger partial charge in [-0.2, -0.15) is 0 Å². The normalized spacial score (nSPS) is 10.3. The Morgan fingerprint density at radius 2 is 2.19 bits per heavy atom. The first-order valence-electron chi connectivity index (χ1n) is 5.16. The summed E-state index contributed by atoms with van der Waals surface area (Å²) in [7, 11) is 1.56. The van der Waals surface area contributed by atoms with Crippen LogP contribution in [0.4, 0.5) is 0 Å². The van der Waals surface area contributed by atoms with Crippen molar-refractivity contribution in [3.05, 3.63) is 28.2 Å². The van der Waals surface area contributed by atoms with Crippen LogP contribution in [0, 0.1) is 5.92 Å². The van der Waals surface area contributed by atoms with E-state index in [9.17, 15) is 4.79 Å². The fourth-order valence-corrected chi connectivity index (χ4v) is 1.58. The summed E-state index contributed by atoms with van der Waals surface area (Å²) in [6.45, 7) is 4.77. The molecule has 1 amide bonds. The molecule has 4 heteroatoms. The van der Waals surface area contributed by atoms with E-state index in [1.165, 1.54) is 0 Å². The molecular weight excluding hydrogens is 270 g/mol. The Kier molecular flexibility index (Phi) is 4.80. The highest BCUT2D eigenvalue weighted by Crippen LogP contribution is 2.23. The van der Waals surface area contributed by atoms with Gasteiger partial charge in [-0.1, -0.05) is 29.8 Å². The molecule has 0 radical (unpaired) electrons. The van der Waals surface area contributed by atoms with Gasteiger partial charge in [-0.3, -0.25) is 4.79 Å². The number of carbonyl (C=O) groups is 1. The third-order valence-corrected chi connectivity index (χ3v) is 2.57. The zero-order valence-electron chi connectivity index (χ0n) is 9.71. The standard InChI is InChI=1S/C12H16BrNO2/c1-8(2)7-14-12(15)10-5-4-9(13)6-11(10)16-3/h4-6,8H,7H2,1-3H3,(H,14,15). The number of hydrogen-bond donors (Lipinski definition) is 1. The van der Waals surface area contributed by atoms with Gasteiger partial charge in [-0.25, -0.2) is 0 Å². The molecule has 3 nitrogen and oxygen atoms in total. The topological polar surface area (TPSA) is 38.3 Å². The lowest BCUT2D eigenvalue weighted by molar-refractivity contribution is 0.0946. The fraction of sp³-hybridized carbons (Fsp3) is 0.417. The Hall–Kier alpha value is -1.03. The summed E-state index contributed by atoms with van der Waals surface area (Å²) in [6.07, 6.45) is 0. The number of benzene rings is 1. The van der Waals surface area contributed by atoms with Crippen LogP contribution in [0.15, 0.2) is 22.7 Å². The molecule has 0 aliphatic carbocycles. The Bertz CT molecular complexity index is 377. The van der Waals surface area contributed by atoms with Gasteiger partial charge >= 0.3 is 0 Å². The summed E-state index contributed by atoms with van der Waals surface area (Å²) in [4.78, 5) is 11.8. The first-order valence-corrected chi connectivity index (χ1v) is 5.95. The van der Waals surface area contributed by atoms with Gasteiger partial charge in [-0.15, -0.1) is 0 Å². The van der Waals surface area contributed by atoms with Crippen LogP contribution >= 0.6 is 15.9 Å². The summed E-state index contributed by atoms with van der Waals surface area (Å²) in [5.41, 5.74) is 0.561. The summed E-state index contributed by atoms with van der Waals surface area (Å²) in [5, 5.41) is 2.86. The summed E-state index contributed by atoms with van der Waals surface area (Å²) < 4.78 is 6.06. The van der Waals surface area contributed by atoms with Gasteiger partial charge in [0, 0.05) is 11.0 Å². The van der Waals surface area contributed by atoms with Crippen molar-refractivity contribution >= 4 is 21.8 Å². The average molecular weight is 286 g/mol. The smallest absolute Gasteiger partial charge is 0.255 e. The lowest BCUT2D eigenvalue weighted by Gasteiger charge is -2.11. The molecule has 1 rings (SSSR count). The van der Waals surface area contributed by atoms with Gasteiger partial charge in [0.15, 0.2) is 0 Å². The number of rotatable bonds is 4. The largest absolute Gasteiger partial charge is 0.496 e. The fourth-order valence-electron chi connectivity index (χ4n) is 1.24. The van der Waals surface area contributed by atoms with Crippen molar-refractivity contribution in [2.75, 3.05) is 13.7 Å². The van der Waals surface area contributed by atoms with Gasteiger partial charge in [0.05, 0.1) is 12.7 Å². The van der Waals surface area contributed by atoms with Crippen LogP contribution in [0.25, 0.3) is 0 Å². The van der Waals surface area contributed by atoms with Crippen molar-refractivity contribution < 1.29 is 9.53 Å². The Labute approximate surface area is 104 Å². The van der Waals surface area contributed by atoms with Crippen LogP contribution in [0.5, 0.6) is 5.75 Å². The second kappa shape index (κ2) is 5.89. The lowest BCUT2D eigenvalue weighted by Crippen LogP contribution is -2.27. The summed E-state index contributed by atoms with van der Waals surface area (Å²) >= 11 is 3.34. The molecule has 0 fully saturated rings. The third-order valence-electron chi connectivity index (χ3n) is 2.08. The summed E-state index contributed by atoms with van der Waals surface area (Å²) in [6, 6.07) is 5.36. The number of hydrogen-bond acceptors (Lipinski definition) is 2. The molecule has 1 aromatic carbocycles. The van der Waals surface area contributed by atoms with Gasteiger partial charge in [0.25, 0.3) is 5.91 Å². The van der Waals surface area contributed by atoms with Crippen molar-refractivity contribution in [2.24, 2.45) is 5.92 Å². The van der Waals surface area contributed by atoms with Crippen LogP contribution in [0.3, 0.4) is 0 Å². The zero-order chi connectivity index (χ0) is 12.1. The molecule has 88 valence electrons. The second-order valence-electron chi connectivity index (χ2n) is 3.95. The van der Waals surface area contributed by atoms with Crippen molar-refractivity contribution in [3.63, 3.8) is 0 Å². The number of methoxy groups -OCH3 is 1. The van der Waals surface area contributed by atoms with E-state index >= 15 is 0 Å². The molecule has 1 N–H and O–H groups in total. The second-order valence-corrected chi connectivity index (χ2v) is 4.86. The van der Waals surface area contributed by atoms with E-state index in [0.29, 0.717) is 23.8 Å². The zero-order valence-corrected chi connectivity index (χ0v) is 11.3. The monoisotopic (exact) mass is 285 g/mol. The maximum Gasteiger partial charge on any atom is 0.255 e. The highest BCUT2D eigenvalue weighted by atomic mass is 79.9. The highest BCUT2D eigenvalue weighted by Gasteiger charge is 2.12. The van der Waals surface area contributed by atoms with Crippen LogP contribution < -0.4 is 10.1 Å². The molecule has 0 aliphatic heterocycles. The van der Waals surface area contributed by atoms with Crippen molar-refractivity contribution in [2.45, 2.75) is 13.8 Å².